The molecule has 2 N–H and O–H groups in total. The Kier molecular flexibility index (Phi) is 5.00. The lowest BCUT2D eigenvalue weighted by atomic mass is 9.66. The summed E-state index contributed by atoms with van der Waals surface area (Å²) in [5.41, 5.74) is 8.57. The molecule has 0 saturated heterocycles. The van der Waals surface area contributed by atoms with Crippen molar-refractivity contribution in [1.82, 2.24) is 0 Å². The molecule has 5 unspecified atom stereocenters. The fraction of sp³-hybridized carbons (Fsp3) is 0.895. The predicted octanol–water partition coefficient (Wildman–Crippen LogP) is 5.16. The first-order valence-corrected chi connectivity index (χ1v) is 8.79. The smallest absolute Gasteiger partial charge is 0.00995 e. The molecule has 0 aromatic rings. The lowest BCUT2D eigenvalue weighted by Gasteiger charge is -2.39. The zero-order valence-corrected chi connectivity index (χ0v) is 14.3. The third-order valence-electron chi connectivity index (χ3n) is 5.92. The minimum Gasteiger partial charge on any atom is -0.327 e. The molecule has 0 bridgehead atoms. The van der Waals surface area contributed by atoms with Crippen molar-refractivity contribution < 1.29 is 0 Å². The van der Waals surface area contributed by atoms with Crippen LogP contribution in [0.2, 0.25) is 0 Å². The average Bonchev–Trinajstić information content (AvgIpc) is 2.49. The van der Waals surface area contributed by atoms with E-state index in [2.05, 4.69) is 40.7 Å². The Morgan fingerprint density at radius 1 is 1.20 bits per heavy atom. The lowest BCUT2D eigenvalue weighted by Crippen LogP contribution is -2.28. The van der Waals surface area contributed by atoms with Crippen molar-refractivity contribution >= 4 is 0 Å². The Balaban J connectivity index is 2.29. The van der Waals surface area contributed by atoms with Crippen molar-refractivity contribution in [1.29, 1.82) is 0 Å². The van der Waals surface area contributed by atoms with Crippen LogP contribution in [0.4, 0.5) is 0 Å². The fourth-order valence-corrected chi connectivity index (χ4v) is 4.74. The predicted molar refractivity (Wildman–Crippen MR) is 88.5 cm³/mol. The molecule has 0 aliphatic heterocycles. The second kappa shape index (κ2) is 6.22. The van der Waals surface area contributed by atoms with Gasteiger partial charge in [-0.2, -0.15) is 0 Å². The highest BCUT2D eigenvalue weighted by Crippen LogP contribution is 2.46. The molecule has 0 aromatic carbocycles. The second-order valence-electron chi connectivity index (χ2n) is 8.45. The van der Waals surface area contributed by atoms with Gasteiger partial charge in [0.15, 0.2) is 0 Å². The van der Waals surface area contributed by atoms with E-state index in [-0.39, 0.29) is 0 Å². The van der Waals surface area contributed by atoms with Crippen molar-refractivity contribution in [3.63, 3.8) is 0 Å². The fourth-order valence-electron chi connectivity index (χ4n) is 4.74. The molecule has 0 radical (unpaired) electrons. The Bertz CT molecular complexity index is 355. The summed E-state index contributed by atoms with van der Waals surface area (Å²) in [6, 6.07) is 0.369. The summed E-state index contributed by atoms with van der Waals surface area (Å²) in [5.74, 6) is 3.00. The van der Waals surface area contributed by atoms with Crippen molar-refractivity contribution in [3.8, 4) is 0 Å². The van der Waals surface area contributed by atoms with Gasteiger partial charge in [-0.1, -0.05) is 52.7 Å². The average molecular weight is 277 g/mol. The van der Waals surface area contributed by atoms with Crippen LogP contribution in [0.1, 0.15) is 73.1 Å². The number of fused-ring (bicyclic) bond motifs is 1. The maximum atomic E-state index is 6.33. The van der Waals surface area contributed by atoms with Crippen LogP contribution in [0.25, 0.3) is 0 Å². The molecule has 0 aromatic heterocycles. The SMILES string of the molecule is CCC1CC(C)C2=CC(C)C(N)CCC2CC(C)(C)C1. The normalized spacial score (nSPS) is 41.9. The van der Waals surface area contributed by atoms with E-state index < -0.39 is 0 Å². The van der Waals surface area contributed by atoms with Gasteiger partial charge in [-0.25, -0.2) is 0 Å². The van der Waals surface area contributed by atoms with Crippen molar-refractivity contribution in [3.05, 3.63) is 11.6 Å². The van der Waals surface area contributed by atoms with Crippen LogP contribution in [0.15, 0.2) is 11.6 Å². The zero-order valence-electron chi connectivity index (χ0n) is 14.3. The van der Waals surface area contributed by atoms with Gasteiger partial charge in [0.1, 0.15) is 0 Å². The van der Waals surface area contributed by atoms with E-state index in [9.17, 15) is 0 Å². The number of nitrogens with two attached hydrogens (primary N) is 1. The maximum absolute atomic E-state index is 6.33. The van der Waals surface area contributed by atoms with Crippen LogP contribution >= 0.6 is 0 Å². The standard InChI is InChI=1S/C19H35N/c1-6-15-9-13(2)17-10-14(3)18(20)8-7-16(17)12-19(4,5)11-15/h10,13-16,18H,6-9,11-12,20H2,1-5H3. The van der Waals surface area contributed by atoms with Crippen LogP contribution in [0, 0.1) is 29.1 Å². The van der Waals surface area contributed by atoms with Crippen LogP contribution in [-0.2, 0) is 0 Å². The third-order valence-corrected chi connectivity index (χ3v) is 5.92. The van der Waals surface area contributed by atoms with Gasteiger partial charge in [0.2, 0.25) is 0 Å². The molecular weight excluding hydrogens is 242 g/mol. The minimum atomic E-state index is 0.369. The summed E-state index contributed by atoms with van der Waals surface area (Å²) in [5, 5.41) is 0. The highest BCUT2D eigenvalue weighted by Gasteiger charge is 2.35. The molecule has 20 heavy (non-hydrogen) atoms. The minimum absolute atomic E-state index is 0.369. The largest absolute Gasteiger partial charge is 0.327 e. The van der Waals surface area contributed by atoms with Crippen LogP contribution in [0.3, 0.4) is 0 Å². The second-order valence-corrected chi connectivity index (χ2v) is 8.45. The van der Waals surface area contributed by atoms with Crippen LogP contribution in [-0.4, -0.2) is 6.04 Å². The quantitative estimate of drug-likeness (QED) is 0.658. The van der Waals surface area contributed by atoms with E-state index >= 15 is 0 Å². The Morgan fingerprint density at radius 3 is 2.55 bits per heavy atom. The molecule has 1 fully saturated rings. The molecule has 5 atom stereocenters. The lowest BCUT2D eigenvalue weighted by molar-refractivity contribution is 0.170. The first kappa shape index (κ1) is 16.1. The summed E-state index contributed by atoms with van der Waals surface area (Å²) in [6.07, 6.45) is 10.5. The molecule has 2 aliphatic carbocycles. The Hall–Kier alpha value is -0.300. The summed E-state index contributed by atoms with van der Waals surface area (Å²) in [7, 11) is 0. The topological polar surface area (TPSA) is 26.0 Å². The van der Waals surface area contributed by atoms with Gasteiger partial charge >= 0.3 is 0 Å². The van der Waals surface area contributed by atoms with E-state index in [0.717, 1.165) is 17.8 Å². The molecule has 2 rings (SSSR count). The highest BCUT2D eigenvalue weighted by molar-refractivity contribution is 5.16. The van der Waals surface area contributed by atoms with Gasteiger partial charge in [0.05, 0.1) is 0 Å². The number of rotatable bonds is 1. The monoisotopic (exact) mass is 277 g/mol. The molecule has 0 heterocycles. The van der Waals surface area contributed by atoms with E-state index in [4.69, 9.17) is 5.73 Å². The molecule has 116 valence electrons. The highest BCUT2D eigenvalue weighted by atomic mass is 14.6. The molecule has 0 amide bonds. The molecule has 1 nitrogen and oxygen atoms in total. The van der Waals surface area contributed by atoms with Crippen LogP contribution < -0.4 is 5.73 Å². The molecule has 1 heteroatoms. The van der Waals surface area contributed by atoms with E-state index in [0.29, 0.717) is 17.4 Å². The van der Waals surface area contributed by atoms with E-state index in [1.54, 1.807) is 5.57 Å². The van der Waals surface area contributed by atoms with Crippen LogP contribution in [0.5, 0.6) is 0 Å². The first-order chi connectivity index (χ1) is 9.32. The van der Waals surface area contributed by atoms with E-state index in [1.165, 1.54) is 38.5 Å². The molecule has 2 aliphatic rings. The Labute approximate surface area is 126 Å². The van der Waals surface area contributed by atoms with Gasteiger partial charge in [-0.05, 0) is 61.2 Å². The summed E-state index contributed by atoms with van der Waals surface area (Å²) in [4.78, 5) is 0. The zero-order chi connectivity index (χ0) is 14.9. The molecule has 1 saturated carbocycles. The van der Waals surface area contributed by atoms with Gasteiger partial charge in [0.25, 0.3) is 0 Å². The van der Waals surface area contributed by atoms with Gasteiger partial charge < -0.3 is 5.73 Å². The van der Waals surface area contributed by atoms with Crippen molar-refractivity contribution in [2.24, 2.45) is 34.8 Å². The summed E-state index contributed by atoms with van der Waals surface area (Å²) < 4.78 is 0. The van der Waals surface area contributed by atoms with E-state index in [1.807, 2.05) is 0 Å². The molecule has 0 spiro atoms. The number of hydrogen-bond acceptors (Lipinski definition) is 1. The number of allylic oxidation sites excluding steroid dienone is 1. The summed E-state index contributed by atoms with van der Waals surface area (Å²) >= 11 is 0. The van der Waals surface area contributed by atoms with Gasteiger partial charge in [0, 0.05) is 6.04 Å². The first-order valence-electron chi connectivity index (χ1n) is 8.79. The van der Waals surface area contributed by atoms with Gasteiger partial charge in [-0.15, -0.1) is 0 Å². The summed E-state index contributed by atoms with van der Waals surface area (Å²) in [6.45, 7) is 12.1. The van der Waals surface area contributed by atoms with Crippen molar-refractivity contribution in [2.75, 3.05) is 0 Å². The Morgan fingerprint density at radius 2 is 1.90 bits per heavy atom. The number of hydrogen-bond donors (Lipinski definition) is 1. The van der Waals surface area contributed by atoms with Crippen molar-refractivity contribution in [2.45, 2.75) is 79.2 Å². The molecular formula is C19H35N. The third kappa shape index (κ3) is 3.67. The van der Waals surface area contributed by atoms with Gasteiger partial charge in [-0.3, -0.25) is 0 Å². The maximum Gasteiger partial charge on any atom is 0.00995 e.